The minimum atomic E-state index is 0.156. The molecule has 0 N–H and O–H groups in total. The zero-order valence-corrected chi connectivity index (χ0v) is 12.2. The summed E-state index contributed by atoms with van der Waals surface area (Å²) in [5.41, 5.74) is 1.31. The van der Waals surface area contributed by atoms with Crippen molar-refractivity contribution >= 4 is 22.5 Å². The SMILES string of the molecule is Cc1ccc([S+](CCCCl)c2ccccc2)cc1. The van der Waals surface area contributed by atoms with Crippen molar-refractivity contribution in [2.45, 2.75) is 23.1 Å². The number of hydrogen-bond donors (Lipinski definition) is 0. The molecule has 0 aliphatic heterocycles. The van der Waals surface area contributed by atoms with E-state index in [1.54, 1.807) is 0 Å². The van der Waals surface area contributed by atoms with Gasteiger partial charge in [-0.15, -0.1) is 11.6 Å². The predicted molar refractivity (Wildman–Crippen MR) is 81.7 cm³/mol. The lowest BCUT2D eigenvalue weighted by Crippen LogP contribution is -2.09. The quantitative estimate of drug-likeness (QED) is 0.551. The molecular formula is C16H18ClS+. The van der Waals surface area contributed by atoms with Gasteiger partial charge in [-0.3, -0.25) is 0 Å². The van der Waals surface area contributed by atoms with E-state index in [0.717, 1.165) is 18.1 Å². The smallest absolute Gasteiger partial charge is 0.127 e. The Kier molecular flexibility index (Phi) is 5.15. The molecule has 0 saturated carbocycles. The summed E-state index contributed by atoms with van der Waals surface area (Å²) in [7, 11) is 0.156. The van der Waals surface area contributed by atoms with Crippen LogP contribution in [0.3, 0.4) is 0 Å². The molecule has 0 amide bonds. The Morgan fingerprint density at radius 3 is 2.11 bits per heavy atom. The van der Waals surface area contributed by atoms with Crippen LogP contribution < -0.4 is 0 Å². The number of rotatable bonds is 5. The fourth-order valence-corrected chi connectivity index (χ4v) is 4.28. The number of benzene rings is 2. The van der Waals surface area contributed by atoms with Crippen LogP contribution in [0.4, 0.5) is 0 Å². The van der Waals surface area contributed by atoms with E-state index in [2.05, 4.69) is 61.5 Å². The maximum atomic E-state index is 5.85. The van der Waals surface area contributed by atoms with Crippen molar-refractivity contribution in [1.29, 1.82) is 0 Å². The molecule has 0 saturated heterocycles. The third kappa shape index (κ3) is 3.54. The molecule has 0 nitrogen and oxygen atoms in total. The van der Waals surface area contributed by atoms with E-state index in [-0.39, 0.29) is 10.9 Å². The molecule has 2 heteroatoms. The molecule has 0 aliphatic carbocycles. The maximum Gasteiger partial charge on any atom is 0.160 e. The molecule has 0 spiro atoms. The largest absolute Gasteiger partial charge is 0.160 e. The second kappa shape index (κ2) is 6.86. The van der Waals surface area contributed by atoms with E-state index in [0.29, 0.717) is 0 Å². The van der Waals surface area contributed by atoms with Crippen LogP contribution >= 0.6 is 11.6 Å². The third-order valence-electron chi connectivity index (χ3n) is 2.82. The van der Waals surface area contributed by atoms with Gasteiger partial charge in [0, 0.05) is 12.3 Å². The molecule has 0 heterocycles. The van der Waals surface area contributed by atoms with Crippen molar-refractivity contribution in [1.82, 2.24) is 0 Å². The standard InChI is InChI=1S/C16H18ClS/c1-14-8-10-16(11-9-14)18(13-5-12-17)15-6-3-2-4-7-15/h2-4,6-11H,5,12-13H2,1H3/q+1. The van der Waals surface area contributed by atoms with Crippen LogP contribution in [0.1, 0.15) is 12.0 Å². The monoisotopic (exact) mass is 277 g/mol. The summed E-state index contributed by atoms with van der Waals surface area (Å²) in [5.74, 6) is 1.87. The molecule has 18 heavy (non-hydrogen) atoms. The Bertz CT molecular complexity index is 464. The van der Waals surface area contributed by atoms with Crippen LogP contribution in [0.5, 0.6) is 0 Å². The Labute approximate surface area is 117 Å². The second-order valence-electron chi connectivity index (χ2n) is 4.26. The highest BCUT2D eigenvalue weighted by atomic mass is 35.5. The molecule has 0 aliphatic rings. The minimum absolute atomic E-state index is 0.156. The van der Waals surface area contributed by atoms with E-state index < -0.39 is 0 Å². The summed E-state index contributed by atoms with van der Waals surface area (Å²) >= 11 is 5.85. The van der Waals surface area contributed by atoms with Gasteiger partial charge in [0.15, 0.2) is 9.79 Å². The molecule has 94 valence electrons. The van der Waals surface area contributed by atoms with Gasteiger partial charge in [0.05, 0.1) is 10.9 Å². The summed E-state index contributed by atoms with van der Waals surface area (Å²) in [5, 5.41) is 0. The normalized spacial score (nSPS) is 12.3. The third-order valence-corrected chi connectivity index (χ3v) is 5.46. The van der Waals surface area contributed by atoms with Crippen molar-refractivity contribution in [2.24, 2.45) is 0 Å². The first-order valence-corrected chi connectivity index (χ1v) is 8.12. The van der Waals surface area contributed by atoms with Crippen LogP contribution in [0.25, 0.3) is 0 Å². The Balaban J connectivity index is 2.27. The molecule has 2 aromatic rings. The highest BCUT2D eigenvalue weighted by molar-refractivity contribution is 7.97. The van der Waals surface area contributed by atoms with E-state index >= 15 is 0 Å². The van der Waals surface area contributed by atoms with Crippen LogP contribution in [0.15, 0.2) is 64.4 Å². The molecule has 1 unspecified atom stereocenters. The summed E-state index contributed by atoms with van der Waals surface area (Å²) in [6.07, 6.45) is 1.06. The van der Waals surface area contributed by atoms with Gasteiger partial charge in [0.25, 0.3) is 0 Å². The lowest BCUT2D eigenvalue weighted by Gasteiger charge is -2.07. The summed E-state index contributed by atoms with van der Waals surface area (Å²) in [6.45, 7) is 2.13. The molecule has 0 fully saturated rings. The van der Waals surface area contributed by atoms with Gasteiger partial charge in [0.2, 0.25) is 0 Å². The minimum Gasteiger partial charge on any atom is -0.127 e. The van der Waals surface area contributed by atoms with Crippen molar-refractivity contribution in [3.8, 4) is 0 Å². The summed E-state index contributed by atoms with van der Waals surface area (Å²) < 4.78 is 0. The fourth-order valence-electron chi connectivity index (χ4n) is 1.86. The molecule has 0 radical (unpaired) electrons. The van der Waals surface area contributed by atoms with Gasteiger partial charge in [-0.2, -0.15) is 0 Å². The maximum absolute atomic E-state index is 5.85. The first-order valence-electron chi connectivity index (χ1n) is 6.20. The number of halogens is 1. The van der Waals surface area contributed by atoms with E-state index in [1.807, 2.05) is 0 Å². The van der Waals surface area contributed by atoms with E-state index in [1.165, 1.54) is 15.4 Å². The average Bonchev–Trinajstić information content (AvgIpc) is 2.42. The molecule has 2 aromatic carbocycles. The highest BCUT2D eigenvalue weighted by Crippen LogP contribution is 2.24. The van der Waals surface area contributed by atoms with Crippen molar-refractivity contribution in [3.63, 3.8) is 0 Å². The van der Waals surface area contributed by atoms with Crippen LogP contribution in [0, 0.1) is 6.92 Å². The van der Waals surface area contributed by atoms with Crippen molar-refractivity contribution in [2.75, 3.05) is 11.6 Å². The van der Waals surface area contributed by atoms with Gasteiger partial charge < -0.3 is 0 Å². The zero-order chi connectivity index (χ0) is 12.8. The van der Waals surface area contributed by atoms with Crippen molar-refractivity contribution in [3.05, 3.63) is 60.2 Å². The second-order valence-corrected chi connectivity index (χ2v) is 6.77. The van der Waals surface area contributed by atoms with Crippen LogP contribution in [-0.4, -0.2) is 11.6 Å². The first kappa shape index (κ1) is 13.5. The Morgan fingerprint density at radius 2 is 1.50 bits per heavy atom. The van der Waals surface area contributed by atoms with Crippen molar-refractivity contribution < 1.29 is 0 Å². The van der Waals surface area contributed by atoms with E-state index in [9.17, 15) is 0 Å². The lowest BCUT2D eigenvalue weighted by molar-refractivity contribution is 1.10. The first-order chi connectivity index (χ1) is 8.81. The molecule has 1 atom stereocenters. The average molecular weight is 278 g/mol. The van der Waals surface area contributed by atoms with Gasteiger partial charge >= 0.3 is 0 Å². The molecule has 0 aromatic heterocycles. The van der Waals surface area contributed by atoms with Crippen LogP contribution in [0.2, 0.25) is 0 Å². The number of aryl methyl sites for hydroxylation is 1. The Morgan fingerprint density at radius 1 is 0.889 bits per heavy atom. The summed E-state index contributed by atoms with van der Waals surface area (Å²) in [6, 6.07) is 19.6. The van der Waals surface area contributed by atoms with E-state index in [4.69, 9.17) is 11.6 Å². The van der Waals surface area contributed by atoms with Gasteiger partial charge in [-0.1, -0.05) is 35.9 Å². The fraction of sp³-hybridized carbons (Fsp3) is 0.250. The molecule has 2 rings (SSSR count). The number of hydrogen-bond acceptors (Lipinski definition) is 0. The molecular weight excluding hydrogens is 260 g/mol. The molecule has 0 bridgehead atoms. The van der Waals surface area contributed by atoms with Gasteiger partial charge in [0.1, 0.15) is 5.75 Å². The topological polar surface area (TPSA) is 0 Å². The highest BCUT2D eigenvalue weighted by Gasteiger charge is 2.23. The zero-order valence-electron chi connectivity index (χ0n) is 10.6. The Hall–Kier alpha value is -0.920. The predicted octanol–water partition coefficient (Wildman–Crippen LogP) is 4.66. The number of alkyl halides is 1. The van der Waals surface area contributed by atoms with Gasteiger partial charge in [-0.25, -0.2) is 0 Å². The lowest BCUT2D eigenvalue weighted by atomic mass is 10.2. The summed E-state index contributed by atoms with van der Waals surface area (Å²) in [4.78, 5) is 2.82. The van der Waals surface area contributed by atoms with Crippen LogP contribution in [-0.2, 0) is 10.9 Å². The van der Waals surface area contributed by atoms with Gasteiger partial charge in [-0.05, 0) is 31.2 Å².